The summed E-state index contributed by atoms with van der Waals surface area (Å²) in [5, 5.41) is 0. The maximum Gasteiger partial charge on any atom is 0.358 e. The maximum absolute atomic E-state index is 11.3. The molecule has 0 bridgehead atoms. The SMILES string of the molecule is CCCOC1CCCN(c2cnc(C(=O)OC)cn2)C1. The van der Waals surface area contributed by atoms with Crippen LogP contribution in [0.5, 0.6) is 0 Å². The smallest absolute Gasteiger partial charge is 0.358 e. The van der Waals surface area contributed by atoms with E-state index < -0.39 is 5.97 Å². The third-order valence-electron chi connectivity index (χ3n) is 3.29. The number of rotatable bonds is 5. The third-order valence-corrected chi connectivity index (χ3v) is 3.29. The van der Waals surface area contributed by atoms with Crippen molar-refractivity contribution >= 4 is 11.8 Å². The van der Waals surface area contributed by atoms with Gasteiger partial charge in [0, 0.05) is 19.7 Å². The molecule has 1 unspecified atom stereocenters. The van der Waals surface area contributed by atoms with Crippen molar-refractivity contribution in [3.8, 4) is 0 Å². The van der Waals surface area contributed by atoms with Crippen molar-refractivity contribution in [2.45, 2.75) is 32.3 Å². The van der Waals surface area contributed by atoms with Crippen LogP contribution in [0.1, 0.15) is 36.7 Å². The van der Waals surface area contributed by atoms with Crippen molar-refractivity contribution in [2.75, 3.05) is 31.7 Å². The van der Waals surface area contributed by atoms with Crippen LogP contribution in [-0.4, -0.2) is 48.8 Å². The molecule has 6 heteroatoms. The van der Waals surface area contributed by atoms with Crippen LogP contribution in [0, 0.1) is 0 Å². The van der Waals surface area contributed by atoms with Gasteiger partial charge in [0.05, 0.1) is 25.6 Å². The number of hydrogen-bond acceptors (Lipinski definition) is 6. The van der Waals surface area contributed by atoms with Crippen molar-refractivity contribution < 1.29 is 14.3 Å². The minimum atomic E-state index is -0.466. The average Bonchev–Trinajstić information content (AvgIpc) is 2.52. The van der Waals surface area contributed by atoms with E-state index in [9.17, 15) is 4.79 Å². The summed E-state index contributed by atoms with van der Waals surface area (Å²) in [6.45, 7) is 4.67. The first kappa shape index (κ1) is 14.7. The van der Waals surface area contributed by atoms with Gasteiger partial charge in [-0.3, -0.25) is 0 Å². The Bertz CT molecular complexity index is 436. The zero-order valence-corrected chi connectivity index (χ0v) is 12.0. The number of piperidine rings is 1. The first-order valence-corrected chi connectivity index (χ1v) is 7.01. The number of esters is 1. The van der Waals surface area contributed by atoms with Crippen molar-refractivity contribution in [3.05, 3.63) is 18.1 Å². The number of hydrogen-bond donors (Lipinski definition) is 0. The molecule has 2 rings (SSSR count). The lowest BCUT2D eigenvalue weighted by atomic mass is 10.1. The van der Waals surface area contributed by atoms with Gasteiger partial charge >= 0.3 is 5.97 Å². The molecule has 6 nitrogen and oxygen atoms in total. The summed E-state index contributed by atoms with van der Waals surface area (Å²) in [4.78, 5) is 21.8. The van der Waals surface area contributed by atoms with E-state index in [1.165, 1.54) is 13.3 Å². The number of carbonyl (C=O) groups is 1. The van der Waals surface area contributed by atoms with Gasteiger partial charge in [0.2, 0.25) is 0 Å². The monoisotopic (exact) mass is 279 g/mol. The fraction of sp³-hybridized carbons (Fsp3) is 0.643. The fourth-order valence-electron chi connectivity index (χ4n) is 2.26. The molecule has 0 aliphatic carbocycles. The highest BCUT2D eigenvalue weighted by atomic mass is 16.5. The molecule has 1 atom stereocenters. The highest BCUT2D eigenvalue weighted by Crippen LogP contribution is 2.19. The van der Waals surface area contributed by atoms with Crippen LogP contribution in [-0.2, 0) is 9.47 Å². The fourth-order valence-corrected chi connectivity index (χ4v) is 2.26. The van der Waals surface area contributed by atoms with Crippen molar-refractivity contribution in [1.82, 2.24) is 9.97 Å². The predicted molar refractivity (Wildman–Crippen MR) is 74.8 cm³/mol. The number of methoxy groups -OCH3 is 1. The summed E-state index contributed by atoms with van der Waals surface area (Å²) in [6.07, 6.45) is 6.53. The summed E-state index contributed by atoms with van der Waals surface area (Å²) in [7, 11) is 1.33. The van der Waals surface area contributed by atoms with E-state index in [1.807, 2.05) is 0 Å². The van der Waals surface area contributed by atoms with Crippen LogP contribution in [0.4, 0.5) is 5.82 Å². The molecule has 0 amide bonds. The van der Waals surface area contributed by atoms with E-state index >= 15 is 0 Å². The molecule has 1 fully saturated rings. The Morgan fingerprint density at radius 2 is 2.30 bits per heavy atom. The molecule has 20 heavy (non-hydrogen) atoms. The molecule has 0 spiro atoms. The molecule has 0 N–H and O–H groups in total. The van der Waals surface area contributed by atoms with Crippen LogP contribution in [0.2, 0.25) is 0 Å². The molecule has 1 aliphatic heterocycles. The highest BCUT2D eigenvalue weighted by Gasteiger charge is 2.21. The van der Waals surface area contributed by atoms with Crippen molar-refractivity contribution in [1.29, 1.82) is 0 Å². The number of ether oxygens (including phenoxy) is 2. The number of anilines is 1. The van der Waals surface area contributed by atoms with E-state index in [0.717, 1.165) is 44.8 Å². The minimum absolute atomic E-state index is 0.229. The van der Waals surface area contributed by atoms with Crippen LogP contribution in [0.15, 0.2) is 12.4 Å². The van der Waals surface area contributed by atoms with Gasteiger partial charge in [-0.05, 0) is 19.3 Å². The Labute approximate surface area is 119 Å². The van der Waals surface area contributed by atoms with E-state index in [0.29, 0.717) is 0 Å². The summed E-state index contributed by atoms with van der Waals surface area (Å²) in [5.74, 6) is 0.314. The first-order chi connectivity index (χ1) is 9.74. The molecule has 2 heterocycles. The van der Waals surface area contributed by atoms with Gasteiger partial charge in [-0.1, -0.05) is 6.92 Å². The van der Waals surface area contributed by atoms with Crippen molar-refractivity contribution in [3.63, 3.8) is 0 Å². The van der Waals surface area contributed by atoms with E-state index in [1.54, 1.807) is 6.20 Å². The second kappa shape index (κ2) is 7.19. The van der Waals surface area contributed by atoms with Crippen LogP contribution >= 0.6 is 0 Å². The van der Waals surface area contributed by atoms with Gasteiger partial charge in [-0.15, -0.1) is 0 Å². The topological polar surface area (TPSA) is 64.5 Å². The standard InChI is InChI=1S/C14H21N3O3/c1-3-7-20-11-5-4-6-17(10-11)13-9-15-12(8-16-13)14(18)19-2/h8-9,11H,3-7,10H2,1-2H3. The predicted octanol–water partition coefficient (Wildman–Crippen LogP) is 1.66. The van der Waals surface area contributed by atoms with Crippen LogP contribution in [0.3, 0.4) is 0 Å². The molecule has 1 aromatic rings. The first-order valence-electron chi connectivity index (χ1n) is 7.01. The molecule has 0 aromatic carbocycles. The minimum Gasteiger partial charge on any atom is -0.464 e. The molecular weight excluding hydrogens is 258 g/mol. The van der Waals surface area contributed by atoms with Crippen molar-refractivity contribution in [2.24, 2.45) is 0 Å². The number of aromatic nitrogens is 2. The summed E-state index contributed by atoms with van der Waals surface area (Å²) in [6, 6.07) is 0. The zero-order chi connectivity index (χ0) is 14.4. The Balaban J connectivity index is 1.98. The second-order valence-electron chi connectivity index (χ2n) is 4.83. The van der Waals surface area contributed by atoms with Crippen LogP contribution < -0.4 is 4.90 Å². The molecule has 1 aliphatic rings. The Morgan fingerprint density at radius 3 is 2.95 bits per heavy atom. The largest absolute Gasteiger partial charge is 0.464 e. The Kier molecular flexibility index (Phi) is 5.29. The van der Waals surface area contributed by atoms with E-state index in [4.69, 9.17) is 4.74 Å². The molecule has 1 aromatic heterocycles. The third kappa shape index (κ3) is 3.66. The van der Waals surface area contributed by atoms with Gasteiger partial charge in [0.15, 0.2) is 5.69 Å². The number of nitrogens with zero attached hydrogens (tertiary/aromatic N) is 3. The maximum atomic E-state index is 11.3. The van der Waals surface area contributed by atoms with E-state index in [2.05, 4.69) is 26.5 Å². The molecule has 1 saturated heterocycles. The quantitative estimate of drug-likeness (QED) is 0.764. The molecule has 110 valence electrons. The van der Waals surface area contributed by atoms with Gasteiger partial charge < -0.3 is 14.4 Å². The van der Waals surface area contributed by atoms with Crippen LogP contribution in [0.25, 0.3) is 0 Å². The second-order valence-corrected chi connectivity index (χ2v) is 4.83. The summed E-state index contributed by atoms with van der Waals surface area (Å²) >= 11 is 0. The Morgan fingerprint density at radius 1 is 1.45 bits per heavy atom. The molecular formula is C14H21N3O3. The zero-order valence-electron chi connectivity index (χ0n) is 12.0. The summed E-state index contributed by atoms with van der Waals surface area (Å²) < 4.78 is 10.4. The highest BCUT2D eigenvalue weighted by molar-refractivity contribution is 5.86. The average molecular weight is 279 g/mol. The normalized spacial score (nSPS) is 18.9. The Hall–Kier alpha value is -1.69. The molecule has 0 radical (unpaired) electrons. The lowest BCUT2D eigenvalue weighted by Gasteiger charge is -2.33. The van der Waals surface area contributed by atoms with Gasteiger partial charge in [-0.25, -0.2) is 14.8 Å². The molecule has 0 saturated carbocycles. The van der Waals surface area contributed by atoms with Gasteiger partial charge in [-0.2, -0.15) is 0 Å². The lowest BCUT2D eigenvalue weighted by molar-refractivity contribution is 0.0438. The lowest BCUT2D eigenvalue weighted by Crippen LogP contribution is -2.40. The van der Waals surface area contributed by atoms with Gasteiger partial charge in [0.1, 0.15) is 5.82 Å². The number of carbonyl (C=O) groups excluding carboxylic acids is 1. The van der Waals surface area contributed by atoms with Gasteiger partial charge in [0.25, 0.3) is 0 Å². The summed E-state index contributed by atoms with van der Waals surface area (Å²) in [5.41, 5.74) is 0.229. The van der Waals surface area contributed by atoms with E-state index in [-0.39, 0.29) is 11.8 Å².